The highest BCUT2D eigenvalue weighted by Gasteiger charge is 2.27. The molecule has 3 atom stereocenters. The predicted molar refractivity (Wildman–Crippen MR) is 77.2 cm³/mol. The molecule has 1 nitrogen and oxygen atoms in total. The molecule has 1 saturated carbocycles. The molecular weight excluding hydrogens is 274 g/mol. The number of halogens is 1. The first-order chi connectivity index (χ1) is 8.19. The van der Waals surface area contributed by atoms with E-state index in [9.17, 15) is 0 Å². The van der Waals surface area contributed by atoms with Gasteiger partial charge in [0.15, 0.2) is 0 Å². The maximum Gasteiger partial charge on any atom is 0.0178 e. The number of hydrogen-bond donors (Lipinski definition) is 1. The number of nitrogens with one attached hydrogen (secondary N) is 1. The van der Waals surface area contributed by atoms with Crippen molar-refractivity contribution in [2.45, 2.75) is 38.6 Å². The zero-order chi connectivity index (χ0) is 12.3. The van der Waals surface area contributed by atoms with E-state index in [0.717, 1.165) is 18.3 Å². The summed E-state index contributed by atoms with van der Waals surface area (Å²) in [6.45, 7) is 2.38. The zero-order valence-corrected chi connectivity index (χ0v) is 12.3. The van der Waals surface area contributed by atoms with Crippen molar-refractivity contribution in [2.24, 2.45) is 11.8 Å². The average molecular weight is 296 g/mol. The molecule has 1 aromatic rings. The van der Waals surface area contributed by atoms with Crippen molar-refractivity contribution in [3.8, 4) is 0 Å². The molecule has 2 heteroatoms. The highest BCUT2D eigenvalue weighted by Crippen LogP contribution is 2.33. The molecular formula is C15H22BrN. The van der Waals surface area contributed by atoms with Crippen LogP contribution in [0.3, 0.4) is 0 Å². The Kier molecular flexibility index (Phi) is 4.63. The summed E-state index contributed by atoms with van der Waals surface area (Å²) in [6.07, 6.45) is 5.33. The Morgan fingerprint density at radius 3 is 2.82 bits per heavy atom. The molecule has 0 amide bonds. The van der Waals surface area contributed by atoms with Crippen molar-refractivity contribution >= 4 is 15.9 Å². The van der Waals surface area contributed by atoms with Crippen molar-refractivity contribution in [3.63, 3.8) is 0 Å². The lowest BCUT2D eigenvalue weighted by molar-refractivity contribution is 0.367. The Morgan fingerprint density at radius 1 is 1.41 bits per heavy atom. The summed E-state index contributed by atoms with van der Waals surface area (Å²) < 4.78 is 1.18. The smallest absolute Gasteiger partial charge is 0.0178 e. The van der Waals surface area contributed by atoms with Crippen LogP contribution >= 0.6 is 15.9 Å². The van der Waals surface area contributed by atoms with Crippen LogP contribution in [0.2, 0.25) is 0 Å². The van der Waals surface area contributed by atoms with Gasteiger partial charge in [0.2, 0.25) is 0 Å². The molecule has 1 aliphatic carbocycles. The van der Waals surface area contributed by atoms with Crippen LogP contribution in [0.25, 0.3) is 0 Å². The molecule has 0 radical (unpaired) electrons. The van der Waals surface area contributed by atoms with E-state index in [1.54, 1.807) is 0 Å². The van der Waals surface area contributed by atoms with Gasteiger partial charge in [-0.05, 0) is 55.8 Å². The lowest BCUT2D eigenvalue weighted by atomic mass is 9.91. The molecule has 1 N–H and O–H groups in total. The van der Waals surface area contributed by atoms with E-state index < -0.39 is 0 Å². The largest absolute Gasteiger partial charge is 0.316 e. The minimum absolute atomic E-state index is 0.634. The fourth-order valence-corrected chi connectivity index (χ4v) is 3.49. The van der Waals surface area contributed by atoms with Crippen molar-refractivity contribution in [1.29, 1.82) is 0 Å². The van der Waals surface area contributed by atoms with Crippen LogP contribution in [0.15, 0.2) is 28.7 Å². The fourth-order valence-electron chi connectivity index (χ4n) is 3.04. The molecule has 1 fully saturated rings. The molecule has 0 spiro atoms. The second kappa shape index (κ2) is 6.01. The molecule has 94 valence electrons. The third-order valence-electron chi connectivity index (χ3n) is 4.02. The van der Waals surface area contributed by atoms with Gasteiger partial charge in [0.25, 0.3) is 0 Å². The highest BCUT2D eigenvalue weighted by atomic mass is 79.9. The van der Waals surface area contributed by atoms with E-state index in [1.165, 1.54) is 29.3 Å². The van der Waals surface area contributed by atoms with Gasteiger partial charge in [0, 0.05) is 10.5 Å². The first-order valence-electron chi connectivity index (χ1n) is 6.60. The summed E-state index contributed by atoms with van der Waals surface area (Å²) in [7, 11) is 2.10. The monoisotopic (exact) mass is 295 g/mol. The van der Waals surface area contributed by atoms with Gasteiger partial charge in [-0.1, -0.05) is 41.4 Å². The molecule has 1 aromatic carbocycles. The van der Waals surface area contributed by atoms with Crippen molar-refractivity contribution in [1.82, 2.24) is 5.32 Å². The maximum absolute atomic E-state index is 3.55. The van der Waals surface area contributed by atoms with Crippen molar-refractivity contribution in [2.75, 3.05) is 7.05 Å². The molecule has 2 rings (SSSR count). The molecule has 0 bridgehead atoms. The minimum atomic E-state index is 0.634. The summed E-state index contributed by atoms with van der Waals surface area (Å²) in [5, 5.41) is 3.52. The van der Waals surface area contributed by atoms with Gasteiger partial charge < -0.3 is 5.32 Å². The topological polar surface area (TPSA) is 12.0 Å². The normalized spacial score (nSPS) is 26.1. The highest BCUT2D eigenvalue weighted by molar-refractivity contribution is 9.10. The summed E-state index contributed by atoms with van der Waals surface area (Å²) in [5.74, 6) is 1.77. The first kappa shape index (κ1) is 13.1. The Hall–Kier alpha value is -0.340. The van der Waals surface area contributed by atoms with Crippen LogP contribution < -0.4 is 5.32 Å². The Balaban J connectivity index is 2.00. The van der Waals surface area contributed by atoms with Gasteiger partial charge in [-0.2, -0.15) is 0 Å². The van der Waals surface area contributed by atoms with E-state index in [0.29, 0.717) is 6.04 Å². The van der Waals surface area contributed by atoms with Crippen LogP contribution in [0, 0.1) is 11.8 Å². The molecule has 3 unspecified atom stereocenters. The van der Waals surface area contributed by atoms with Gasteiger partial charge in [-0.25, -0.2) is 0 Å². The number of benzene rings is 1. The molecule has 0 aromatic heterocycles. The molecule has 1 aliphatic rings. The van der Waals surface area contributed by atoms with Crippen molar-refractivity contribution < 1.29 is 0 Å². The fraction of sp³-hybridized carbons (Fsp3) is 0.600. The van der Waals surface area contributed by atoms with Gasteiger partial charge >= 0.3 is 0 Å². The Bertz CT molecular complexity index is 364. The summed E-state index contributed by atoms with van der Waals surface area (Å²) in [5.41, 5.74) is 1.43. The quantitative estimate of drug-likeness (QED) is 0.885. The van der Waals surface area contributed by atoms with Crippen LogP contribution in [0.4, 0.5) is 0 Å². The number of hydrogen-bond acceptors (Lipinski definition) is 1. The van der Waals surface area contributed by atoms with E-state index in [2.05, 4.69) is 59.5 Å². The van der Waals surface area contributed by atoms with E-state index in [4.69, 9.17) is 0 Å². The van der Waals surface area contributed by atoms with Crippen LogP contribution in [-0.4, -0.2) is 13.1 Å². The summed E-state index contributed by atoms with van der Waals surface area (Å²) in [6, 6.07) is 9.32. The van der Waals surface area contributed by atoms with Gasteiger partial charge in [0.1, 0.15) is 0 Å². The second-order valence-corrected chi connectivity index (χ2v) is 6.32. The molecule has 17 heavy (non-hydrogen) atoms. The molecule has 0 aliphatic heterocycles. The van der Waals surface area contributed by atoms with Crippen LogP contribution in [-0.2, 0) is 6.42 Å². The lowest BCUT2D eigenvalue weighted by Gasteiger charge is -2.23. The molecule has 0 heterocycles. The lowest BCUT2D eigenvalue weighted by Crippen LogP contribution is -2.34. The molecule has 0 saturated heterocycles. The van der Waals surface area contributed by atoms with E-state index >= 15 is 0 Å². The maximum atomic E-state index is 3.55. The SMILES string of the molecule is CNC(Cc1cccc(Br)c1)C1CCC(C)C1. The number of rotatable bonds is 4. The zero-order valence-electron chi connectivity index (χ0n) is 10.7. The van der Waals surface area contributed by atoms with Gasteiger partial charge in [0.05, 0.1) is 0 Å². The number of likely N-dealkylation sites (N-methyl/N-ethyl adjacent to an activating group) is 1. The third kappa shape index (κ3) is 3.56. The standard InChI is InChI=1S/C15H22BrN/c1-11-6-7-13(8-11)15(17-2)10-12-4-3-5-14(16)9-12/h3-5,9,11,13,15,17H,6-8,10H2,1-2H3. The second-order valence-electron chi connectivity index (χ2n) is 5.41. The van der Waals surface area contributed by atoms with E-state index in [-0.39, 0.29) is 0 Å². The van der Waals surface area contributed by atoms with Crippen molar-refractivity contribution in [3.05, 3.63) is 34.3 Å². The summed E-state index contributed by atoms with van der Waals surface area (Å²) in [4.78, 5) is 0. The predicted octanol–water partition coefficient (Wildman–Crippen LogP) is 4.02. The third-order valence-corrected chi connectivity index (χ3v) is 4.51. The van der Waals surface area contributed by atoms with Crippen LogP contribution in [0.5, 0.6) is 0 Å². The Labute approximate surface area is 113 Å². The van der Waals surface area contributed by atoms with E-state index in [1.807, 2.05) is 0 Å². The van der Waals surface area contributed by atoms with Crippen LogP contribution in [0.1, 0.15) is 31.7 Å². The first-order valence-corrected chi connectivity index (χ1v) is 7.40. The van der Waals surface area contributed by atoms with Gasteiger partial charge in [-0.3, -0.25) is 0 Å². The van der Waals surface area contributed by atoms with Gasteiger partial charge in [-0.15, -0.1) is 0 Å². The summed E-state index contributed by atoms with van der Waals surface area (Å²) >= 11 is 3.55. The average Bonchev–Trinajstić information content (AvgIpc) is 2.73. The Morgan fingerprint density at radius 2 is 2.24 bits per heavy atom. The minimum Gasteiger partial charge on any atom is -0.316 e.